The fourth-order valence-corrected chi connectivity index (χ4v) is 2.34. The highest BCUT2D eigenvalue weighted by atomic mass is 16.4. The third kappa shape index (κ3) is 2.45. The molecule has 8 heteroatoms. The number of nitrogens with zero attached hydrogens (tertiary/aromatic N) is 4. The summed E-state index contributed by atoms with van der Waals surface area (Å²) in [6.45, 7) is 3.10. The maximum atomic E-state index is 11.9. The number of rotatable bonds is 4. The molecule has 2 aliphatic rings. The van der Waals surface area contributed by atoms with Gasteiger partial charge in [0.05, 0.1) is 12.2 Å². The minimum Gasteiger partial charge on any atom is -0.476 e. The molecule has 0 radical (unpaired) electrons. The van der Waals surface area contributed by atoms with E-state index in [-0.39, 0.29) is 23.8 Å². The van der Waals surface area contributed by atoms with Gasteiger partial charge in [-0.05, 0) is 25.7 Å². The van der Waals surface area contributed by atoms with Crippen molar-refractivity contribution in [1.82, 2.24) is 25.2 Å². The molecule has 1 saturated heterocycles. The monoisotopic (exact) mass is 279 g/mol. The highest BCUT2D eigenvalue weighted by Gasteiger charge is 2.35. The molecule has 2 fully saturated rings. The summed E-state index contributed by atoms with van der Waals surface area (Å²) in [6, 6.07) is 0.184. The summed E-state index contributed by atoms with van der Waals surface area (Å²) in [7, 11) is 0. The van der Waals surface area contributed by atoms with Crippen molar-refractivity contribution in [3.63, 3.8) is 0 Å². The van der Waals surface area contributed by atoms with Crippen LogP contribution in [0.5, 0.6) is 0 Å². The molecule has 3 rings (SSSR count). The lowest BCUT2D eigenvalue weighted by Crippen LogP contribution is -2.56. The van der Waals surface area contributed by atoms with Crippen molar-refractivity contribution >= 4 is 12.0 Å². The number of hydrogen-bond donors (Lipinski definition) is 2. The third-order valence-corrected chi connectivity index (χ3v) is 3.93. The molecule has 2 amide bonds. The largest absolute Gasteiger partial charge is 0.476 e. The van der Waals surface area contributed by atoms with Crippen LogP contribution in [0.3, 0.4) is 0 Å². The molecule has 2 N–H and O–H groups in total. The van der Waals surface area contributed by atoms with Crippen LogP contribution in [-0.4, -0.2) is 56.1 Å². The predicted octanol–water partition coefficient (Wildman–Crippen LogP) is 0.341. The van der Waals surface area contributed by atoms with Crippen LogP contribution in [0.2, 0.25) is 0 Å². The molecule has 1 aliphatic carbocycles. The smallest absolute Gasteiger partial charge is 0.358 e. The molecule has 1 aromatic rings. The Hall–Kier alpha value is -2.12. The molecule has 0 bridgehead atoms. The molecular weight excluding hydrogens is 262 g/mol. The Balaban J connectivity index is 1.49. The normalized spacial score (nSPS) is 20.4. The maximum Gasteiger partial charge on any atom is 0.358 e. The summed E-state index contributed by atoms with van der Waals surface area (Å²) in [6.07, 6.45) is 3.79. The van der Waals surface area contributed by atoms with Crippen molar-refractivity contribution in [2.45, 2.75) is 31.8 Å². The standard InChI is InChI=1S/C12H17N5O3/c1-7(8-2-3-8)13-12(20)16-4-9(5-16)17-6-10(11(18)19)14-15-17/h6-9H,2-5H2,1H3,(H,13,20)(H,18,19). The lowest BCUT2D eigenvalue weighted by Gasteiger charge is -2.39. The number of urea groups is 1. The molecule has 0 aromatic carbocycles. The first-order valence-corrected chi connectivity index (χ1v) is 6.75. The second kappa shape index (κ2) is 4.77. The van der Waals surface area contributed by atoms with Gasteiger partial charge in [0.1, 0.15) is 0 Å². The Morgan fingerprint density at radius 2 is 2.15 bits per heavy atom. The van der Waals surface area contributed by atoms with Crippen LogP contribution < -0.4 is 5.32 Å². The van der Waals surface area contributed by atoms with E-state index in [9.17, 15) is 9.59 Å². The van der Waals surface area contributed by atoms with E-state index in [0.717, 1.165) is 0 Å². The van der Waals surface area contributed by atoms with Gasteiger partial charge < -0.3 is 15.3 Å². The summed E-state index contributed by atoms with van der Waals surface area (Å²) in [5, 5.41) is 19.1. The van der Waals surface area contributed by atoms with Crippen molar-refractivity contribution in [2.75, 3.05) is 13.1 Å². The number of carboxylic acid groups (broad SMARTS) is 1. The Bertz CT molecular complexity index is 533. The quantitative estimate of drug-likeness (QED) is 0.827. The first-order chi connectivity index (χ1) is 9.54. The Kier molecular flexibility index (Phi) is 3.07. The summed E-state index contributed by atoms with van der Waals surface area (Å²) in [4.78, 5) is 24.4. The van der Waals surface area contributed by atoms with Crippen LogP contribution in [0.1, 0.15) is 36.3 Å². The second-order valence-electron chi connectivity index (χ2n) is 5.52. The number of hydrogen-bond acceptors (Lipinski definition) is 4. The molecule has 1 atom stereocenters. The summed E-state index contributed by atoms with van der Waals surface area (Å²) in [5.74, 6) is -0.465. The van der Waals surface area contributed by atoms with Crippen molar-refractivity contribution < 1.29 is 14.7 Å². The van der Waals surface area contributed by atoms with Gasteiger partial charge in [-0.15, -0.1) is 5.10 Å². The Morgan fingerprint density at radius 3 is 2.70 bits per heavy atom. The maximum absolute atomic E-state index is 11.9. The van der Waals surface area contributed by atoms with Gasteiger partial charge in [0.15, 0.2) is 5.69 Å². The molecule has 108 valence electrons. The van der Waals surface area contributed by atoms with Gasteiger partial charge in [0, 0.05) is 19.1 Å². The molecule has 1 aromatic heterocycles. The van der Waals surface area contributed by atoms with E-state index in [1.165, 1.54) is 23.7 Å². The number of aromatic nitrogens is 3. The minimum atomic E-state index is -1.09. The van der Waals surface area contributed by atoms with Crippen LogP contribution in [0.15, 0.2) is 6.20 Å². The topological polar surface area (TPSA) is 100 Å². The van der Waals surface area contributed by atoms with Gasteiger partial charge in [-0.25, -0.2) is 14.3 Å². The van der Waals surface area contributed by atoms with Gasteiger partial charge in [0.25, 0.3) is 0 Å². The third-order valence-electron chi connectivity index (χ3n) is 3.93. The van der Waals surface area contributed by atoms with E-state index in [1.807, 2.05) is 6.92 Å². The number of carbonyl (C=O) groups is 2. The number of carbonyl (C=O) groups excluding carboxylic acids is 1. The fraction of sp³-hybridized carbons (Fsp3) is 0.667. The van der Waals surface area contributed by atoms with Crippen molar-refractivity contribution in [3.05, 3.63) is 11.9 Å². The molecule has 1 aliphatic heterocycles. The number of amides is 2. The Labute approximate surface area is 115 Å². The van der Waals surface area contributed by atoms with Gasteiger partial charge >= 0.3 is 12.0 Å². The molecule has 8 nitrogen and oxygen atoms in total. The van der Waals surface area contributed by atoms with Crippen LogP contribution in [0, 0.1) is 5.92 Å². The van der Waals surface area contributed by atoms with Crippen molar-refractivity contribution in [3.8, 4) is 0 Å². The van der Waals surface area contributed by atoms with Crippen molar-refractivity contribution in [1.29, 1.82) is 0 Å². The van der Waals surface area contributed by atoms with E-state index in [0.29, 0.717) is 19.0 Å². The van der Waals surface area contributed by atoms with E-state index >= 15 is 0 Å². The SMILES string of the molecule is CC(NC(=O)N1CC(n2cc(C(=O)O)nn2)C1)C1CC1. The molecule has 1 saturated carbocycles. The average molecular weight is 279 g/mol. The van der Waals surface area contributed by atoms with Crippen molar-refractivity contribution in [2.24, 2.45) is 5.92 Å². The van der Waals surface area contributed by atoms with Gasteiger partial charge in [0.2, 0.25) is 0 Å². The van der Waals surface area contributed by atoms with E-state index in [2.05, 4.69) is 15.6 Å². The first-order valence-electron chi connectivity index (χ1n) is 6.75. The van der Waals surface area contributed by atoms with Crippen LogP contribution in [0.25, 0.3) is 0 Å². The van der Waals surface area contributed by atoms with Gasteiger partial charge in [-0.2, -0.15) is 0 Å². The lowest BCUT2D eigenvalue weighted by molar-refractivity contribution is 0.0690. The summed E-state index contributed by atoms with van der Waals surface area (Å²) < 4.78 is 1.51. The Morgan fingerprint density at radius 1 is 1.45 bits per heavy atom. The average Bonchev–Trinajstić information content (AvgIpc) is 3.07. The summed E-state index contributed by atoms with van der Waals surface area (Å²) >= 11 is 0. The minimum absolute atomic E-state index is 0.0116. The van der Waals surface area contributed by atoms with Gasteiger partial charge in [-0.3, -0.25) is 0 Å². The number of nitrogens with one attached hydrogen (secondary N) is 1. The number of carboxylic acids is 1. The highest BCUT2D eigenvalue weighted by molar-refractivity contribution is 5.84. The van der Waals surface area contributed by atoms with Crippen LogP contribution in [-0.2, 0) is 0 Å². The highest BCUT2D eigenvalue weighted by Crippen LogP contribution is 2.32. The van der Waals surface area contributed by atoms with Crippen LogP contribution >= 0.6 is 0 Å². The zero-order valence-electron chi connectivity index (χ0n) is 11.2. The van der Waals surface area contributed by atoms with E-state index in [1.54, 1.807) is 4.90 Å². The molecule has 0 spiro atoms. The first kappa shape index (κ1) is 12.9. The molecular formula is C12H17N5O3. The summed E-state index contributed by atoms with van der Waals surface area (Å²) in [5.41, 5.74) is -0.0738. The fourth-order valence-electron chi connectivity index (χ4n) is 2.34. The number of likely N-dealkylation sites (tertiary alicyclic amines) is 1. The van der Waals surface area contributed by atoms with E-state index < -0.39 is 5.97 Å². The zero-order chi connectivity index (χ0) is 14.3. The second-order valence-corrected chi connectivity index (χ2v) is 5.52. The van der Waals surface area contributed by atoms with Gasteiger partial charge in [-0.1, -0.05) is 5.21 Å². The zero-order valence-corrected chi connectivity index (χ0v) is 11.2. The lowest BCUT2D eigenvalue weighted by atomic mass is 10.1. The van der Waals surface area contributed by atoms with E-state index in [4.69, 9.17) is 5.11 Å². The number of aromatic carboxylic acids is 1. The molecule has 2 heterocycles. The molecule has 20 heavy (non-hydrogen) atoms. The van der Waals surface area contributed by atoms with Crippen LogP contribution in [0.4, 0.5) is 4.79 Å². The predicted molar refractivity (Wildman–Crippen MR) is 68.3 cm³/mol. The molecule has 1 unspecified atom stereocenters.